The quantitative estimate of drug-likeness (QED) is 0.687. The van der Waals surface area contributed by atoms with Crippen molar-refractivity contribution in [3.8, 4) is 0 Å². The summed E-state index contributed by atoms with van der Waals surface area (Å²) in [6, 6.07) is 8.60. The summed E-state index contributed by atoms with van der Waals surface area (Å²) in [5.74, 6) is 0.790. The van der Waals surface area contributed by atoms with Crippen molar-refractivity contribution in [2.45, 2.75) is 13.5 Å². The van der Waals surface area contributed by atoms with Gasteiger partial charge >= 0.3 is 0 Å². The Hall–Kier alpha value is -1.82. The fourth-order valence-corrected chi connectivity index (χ4v) is 1.95. The van der Waals surface area contributed by atoms with Crippen molar-refractivity contribution >= 4 is 27.3 Å². The van der Waals surface area contributed by atoms with Crippen LogP contribution in [0.25, 0.3) is 0 Å². The summed E-state index contributed by atoms with van der Waals surface area (Å²) < 4.78 is 6.02. The Labute approximate surface area is 112 Å². The summed E-state index contributed by atoms with van der Waals surface area (Å²) in [6.45, 7) is 2.25. The zero-order valence-corrected chi connectivity index (χ0v) is 11.2. The molecule has 0 unspecified atom stereocenters. The molecule has 5 nitrogen and oxygen atoms in total. The summed E-state index contributed by atoms with van der Waals surface area (Å²) in [6.07, 6.45) is 0. The maximum absolute atomic E-state index is 10.7. The number of rotatable bonds is 4. The van der Waals surface area contributed by atoms with E-state index in [1.54, 1.807) is 19.1 Å². The maximum atomic E-state index is 10.7. The van der Waals surface area contributed by atoms with E-state index in [-0.39, 0.29) is 10.6 Å². The molecule has 1 aromatic heterocycles. The molecule has 0 fully saturated rings. The Kier molecular flexibility index (Phi) is 3.66. The number of nitro groups is 1. The lowest BCUT2D eigenvalue weighted by molar-refractivity contribution is -0.385. The van der Waals surface area contributed by atoms with Gasteiger partial charge in [0, 0.05) is 17.3 Å². The predicted molar refractivity (Wildman–Crippen MR) is 71.6 cm³/mol. The Balaban J connectivity index is 2.06. The van der Waals surface area contributed by atoms with Crippen LogP contribution in [0.5, 0.6) is 0 Å². The van der Waals surface area contributed by atoms with Gasteiger partial charge in [-0.25, -0.2) is 0 Å². The van der Waals surface area contributed by atoms with Gasteiger partial charge in [-0.3, -0.25) is 10.1 Å². The highest BCUT2D eigenvalue weighted by Crippen LogP contribution is 2.22. The molecule has 6 heteroatoms. The van der Waals surface area contributed by atoms with E-state index in [0.717, 1.165) is 11.4 Å². The first-order chi connectivity index (χ1) is 8.56. The Morgan fingerprint density at radius 1 is 1.39 bits per heavy atom. The minimum atomic E-state index is -0.386. The van der Waals surface area contributed by atoms with Crippen molar-refractivity contribution in [2.24, 2.45) is 0 Å². The first-order valence-corrected chi connectivity index (χ1v) is 6.08. The average Bonchev–Trinajstić information content (AvgIpc) is 2.72. The second-order valence-corrected chi connectivity index (χ2v) is 4.60. The van der Waals surface area contributed by atoms with Crippen molar-refractivity contribution in [2.75, 3.05) is 5.32 Å². The second kappa shape index (κ2) is 5.22. The molecule has 1 heterocycles. The number of benzene rings is 1. The van der Waals surface area contributed by atoms with Crippen LogP contribution < -0.4 is 5.32 Å². The van der Waals surface area contributed by atoms with E-state index in [1.807, 2.05) is 12.1 Å². The molecule has 0 spiro atoms. The van der Waals surface area contributed by atoms with E-state index >= 15 is 0 Å². The number of hydrogen-bond acceptors (Lipinski definition) is 4. The molecule has 0 amide bonds. The number of aryl methyl sites for hydroxylation is 1. The lowest BCUT2D eigenvalue weighted by Gasteiger charge is -2.05. The lowest BCUT2D eigenvalue weighted by Crippen LogP contribution is -1.99. The van der Waals surface area contributed by atoms with Gasteiger partial charge in [0.1, 0.15) is 5.76 Å². The van der Waals surface area contributed by atoms with Gasteiger partial charge in [0.05, 0.1) is 11.5 Å². The third-order valence-corrected chi connectivity index (χ3v) is 2.92. The third-order valence-electron chi connectivity index (χ3n) is 2.49. The number of halogens is 1. The van der Waals surface area contributed by atoms with E-state index in [0.29, 0.717) is 16.8 Å². The molecule has 0 aliphatic rings. The average molecular weight is 311 g/mol. The molecule has 0 aliphatic heterocycles. The minimum absolute atomic E-state index is 0.126. The highest BCUT2D eigenvalue weighted by atomic mass is 79.9. The number of nitrogens with one attached hydrogen (secondary N) is 1. The molecule has 0 saturated heterocycles. The number of furan rings is 1. The zero-order valence-electron chi connectivity index (χ0n) is 9.64. The first kappa shape index (κ1) is 12.6. The topological polar surface area (TPSA) is 68.3 Å². The molecule has 0 aliphatic carbocycles. The molecule has 1 aromatic carbocycles. The normalized spacial score (nSPS) is 10.3. The molecule has 0 bridgehead atoms. The summed E-state index contributed by atoms with van der Waals surface area (Å²) in [5.41, 5.74) is 1.58. The molecule has 2 aromatic rings. The van der Waals surface area contributed by atoms with E-state index < -0.39 is 0 Å². The third kappa shape index (κ3) is 2.89. The van der Waals surface area contributed by atoms with Gasteiger partial charge in [-0.15, -0.1) is 0 Å². The van der Waals surface area contributed by atoms with Crippen LogP contribution in [0.1, 0.15) is 11.3 Å². The van der Waals surface area contributed by atoms with E-state index in [9.17, 15) is 10.1 Å². The monoisotopic (exact) mass is 310 g/mol. The highest BCUT2D eigenvalue weighted by Gasteiger charge is 2.10. The molecule has 1 N–H and O–H groups in total. The van der Waals surface area contributed by atoms with Gasteiger partial charge in [0.2, 0.25) is 0 Å². The van der Waals surface area contributed by atoms with E-state index in [1.165, 1.54) is 6.07 Å². The van der Waals surface area contributed by atoms with Gasteiger partial charge in [-0.1, -0.05) is 0 Å². The summed E-state index contributed by atoms with van der Waals surface area (Å²) in [4.78, 5) is 10.3. The molecule has 0 saturated carbocycles. The van der Waals surface area contributed by atoms with Crippen LogP contribution in [0.2, 0.25) is 0 Å². The molecular weight excluding hydrogens is 300 g/mol. The Bertz CT molecular complexity index is 580. The standard InChI is InChI=1S/C12H11BrN2O3/c1-8-6-9(2-4-11(8)15(16)17)14-7-10-3-5-12(13)18-10/h2-6,14H,7H2,1H3. The predicted octanol–water partition coefficient (Wildman–Crippen LogP) is 3.87. The number of nitro benzene ring substituents is 1. The summed E-state index contributed by atoms with van der Waals surface area (Å²) in [7, 11) is 0. The van der Waals surface area contributed by atoms with Crippen LogP contribution >= 0.6 is 15.9 Å². The van der Waals surface area contributed by atoms with Crippen molar-refractivity contribution in [1.29, 1.82) is 0 Å². The molecule has 0 atom stereocenters. The van der Waals surface area contributed by atoms with E-state index in [4.69, 9.17) is 4.42 Å². The second-order valence-electron chi connectivity index (χ2n) is 3.82. The summed E-state index contributed by atoms with van der Waals surface area (Å²) in [5, 5.41) is 13.8. The number of anilines is 1. The van der Waals surface area contributed by atoms with Gasteiger partial charge in [-0.05, 0) is 47.1 Å². The molecular formula is C12H11BrN2O3. The van der Waals surface area contributed by atoms with Gasteiger partial charge < -0.3 is 9.73 Å². The van der Waals surface area contributed by atoms with Crippen LogP contribution in [0, 0.1) is 17.0 Å². The molecule has 0 radical (unpaired) electrons. The van der Waals surface area contributed by atoms with Crippen molar-refractivity contribution in [3.05, 3.63) is 56.4 Å². The van der Waals surface area contributed by atoms with Gasteiger partial charge in [0.15, 0.2) is 4.67 Å². The Morgan fingerprint density at radius 2 is 2.17 bits per heavy atom. The minimum Gasteiger partial charge on any atom is -0.452 e. The maximum Gasteiger partial charge on any atom is 0.272 e. The van der Waals surface area contributed by atoms with Gasteiger partial charge in [-0.2, -0.15) is 0 Å². The van der Waals surface area contributed by atoms with Crippen molar-refractivity contribution in [3.63, 3.8) is 0 Å². The van der Waals surface area contributed by atoms with Crippen LogP contribution in [-0.4, -0.2) is 4.92 Å². The Morgan fingerprint density at radius 3 is 2.72 bits per heavy atom. The first-order valence-electron chi connectivity index (χ1n) is 5.29. The van der Waals surface area contributed by atoms with Gasteiger partial charge in [0.25, 0.3) is 5.69 Å². The summed E-state index contributed by atoms with van der Waals surface area (Å²) >= 11 is 3.23. The fourth-order valence-electron chi connectivity index (χ4n) is 1.61. The lowest BCUT2D eigenvalue weighted by atomic mass is 10.2. The largest absolute Gasteiger partial charge is 0.452 e. The van der Waals surface area contributed by atoms with Crippen LogP contribution in [-0.2, 0) is 6.54 Å². The number of nitrogens with zero attached hydrogens (tertiary/aromatic N) is 1. The van der Waals surface area contributed by atoms with E-state index in [2.05, 4.69) is 21.2 Å². The molecule has 94 valence electrons. The fraction of sp³-hybridized carbons (Fsp3) is 0.167. The number of hydrogen-bond donors (Lipinski definition) is 1. The highest BCUT2D eigenvalue weighted by molar-refractivity contribution is 9.10. The van der Waals surface area contributed by atoms with Crippen molar-refractivity contribution in [1.82, 2.24) is 0 Å². The van der Waals surface area contributed by atoms with Crippen LogP contribution in [0.15, 0.2) is 39.4 Å². The smallest absolute Gasteiger partial charge is 0.272 e. The van der Waals surface area contributed by atoms with Crippen LogP contribution in [0.4, 0.5) is 11.4 Å². The van der Waals surface area contributed by atoms with Crippen LogP contribution in [0.3, 0.4) is 0 Å². The zero-order chi connectivity index (χ0) is 13.1. The molecule has 18 heavy (non-hydrogen) atoms. The SMILES string of the molecule is Cc1cc(NCc2ccc(Br)o2)ccc1[N+](=O)[O-]. The molecule has 2 rings (SSSR count). The van der Waals surface area contributed by atoms with Crippen molar-refractivity contribution < 1.29 is 9.34 Å².